The van der Waals surface area contributed by atoms with Crippen LogP contribution < -0.4 is 5.32 Å². The van der Waals surface area contributed by atoms with Gasteiger partial charge in [0.25, 0.3) is 0 Å². The maximum absolute atomic E-state index is 13.2. The van der Waals surface area contributed by atoms with Gasteiger partial charge in [0, 0.05) is 0 Å². The average molecular weight is 236 g/mol. The Morgan fingerprint density at radius 2 is 2.13 bits per heavy atom. The fourth-order valence-electron chi connectivity index (χ4n) is 0.848. The molecule has 0 unspecified atom stereocenters. The van der Waals surface area contributed by atoms with Crippen LogP contribution in [0.3, 0.4) is 0 Å². The van der Waals surface area contributed by atoms with Gasteiger partial charge in [-0.15, -0.1) is 0 Å². The van der Waals surface area contributed by atoms with E-state index in [1.165, 1.54) is 6.92 Å². The summed E-state index contributed by atoms with van der Waals surface area (Å²) in [5, 5.41) is 20.4. The molecule has 0 aromatic carbocycles. The summed E-state index contributed by atoms with van der Waals surface area (Å²) in [7, 11) is 0. The third-order valence-corrected chi connectivity index (χ3v) is 2.01. The lowest BCUT2D eigenvalue weighted by Gasteiger charge is -2.26. The smallest absolute Gasteiger partial charge is 0.224 e. The SMILES string of the molecule is CC(CO)(CO)Nc1nc(Cl)ncc1F. The molecule has 0 amide bonds. The van der Waals surface area contributed by atoms with Crippen molar-refractivity contribution in [2.24, 2.45) is 0 Å². The molecule has 1 rings (SSSR count). The Morgan fingerprint density at radius 1 is 1.53 bits per heavy atom. The van der Waals surface area contributed by atoms with E-state index in [0.29, 0.717) is 0 Å². The summed E-state index contributed by atoms with van der Waals surface area (Å²) >= 11 is 5.48. The van der Waals surface area contributed by atoms with Crippen LogP contribution in [0.2, 0.25) is 5.28 Å². The molecule has 1 heterocycles. The second-order valence-corrected chi connectivity index (χ2v) is 3.68. The number of anilines is 1. The number of aliphatic hydroxyl groups is 2. The zero-order valence-corrected chi connectivity index (χ0v) is 8.79. The minimum absolute atomic E-state index is 0.114. The molecular formula is C8H11ClFN3O2. The lowest BCUT2D eigenvalue weighted by Crippen LogP contribution is -2.43. The Hall–Kier alpha value is -0.980. The monoisotopic (exact) mass is 235 g/mol. The van der Waals surface area contributed by atoms with Crippen molar-refractivity contribution in [3.63, 3.8) is 0 Å². The highest BCUT2D eigenvalue weighted by atomic mass is 35.5. The molecule has 0 saturated carbocycles. The molecule has 0 aliphatic rings. The maximum Gasteiger partial charge on any atom is 0.224 e. The van der Waals surface area contributed by atoms with E-state index in [-0.39, 0.29) is 24.3 Å². The maximum atomic E-state index is 13.2. The zero-order chi connectivity index (χ0) is 11.5. The molecule has 1 aromatic heterocycles. The molecular weight excluding hydrogens is 225 g/mol. The van der Waals surface area contributed by atoms with Crippen LogP contribution >= 0.6 is 11.6 Å². The number of nitrogens with zero attached hydrogens (tertiary/aromatic N) is 2. The van der Waals surface area contributed by atoms with Gasteiger partial charge in [-0.25, -0.2) is 9.37 Å². The van der Waals surface area contributed by atoms with Crippen LogP contribution in [0.25, 0.3) is 0 Å². The minimum atomic E-state index is -1.06. The molecule has 3 N–H and O–H groups in total. The van der Waals surface area contributed by atoms with E-state index < -0.39 is 11.4 Å². The van der Waals surface area contributed by atoms with Gasteiger partial charge in [0.15, 0.2) is 11.6 Å². The summed E-state index contributed by atoms with van der Waals surface area (Å²) in [6.07, 6.45) is 0.910. The summed E-state index contributed by atoms with van der Waals surface area (Å²) in [5.74, 6) is -0.854. The molecule has 0 radical (unpaired) electrons. The highest BCUT2D eigenvalue weighted by Crippen LogP contribution is 2.17. The van der Waals surface area contributed by atoms with Crippen LogP contribution in [0.15, 0.2) is 6.20 Å². The summed E-state index contributed by atoms with van der Waals surface area (Å²) in [6, 6.07) is 0. The Morgan fingerprint density at radius 3 is 2.67 bits per heavy atom. The van der Waals surface area contributed by atoms with Crippen molar-refractivity contribution in [3.8, 4) is 0 Å². The standard InChI is InChI=1S/C8H11ClFN3O2/c1-8(3-14,4-15)13-6-5(10)2-11-7(9)12-6/h2,14-15H,3-4H2,1H3,(H,11,12,13). The molecule has 0 aliphatic heterocycles. The molecule has 7 heteroatoms. The highest BCUT2D eigenvalue weighted by molar-refractivity contribution is 6.28. The topological polar surface area (TPSA) is 78.3 Å². The fraction of sp³-hybridized carbons (Fsp3) is 0.500. The molecule has 0 atom stereocenters. The van der Waals surface area contributed by atoms with E-state index in [2.05, 4.69) is 15.3 Å². The summed E-state index contributed by atoms with van der Waals surface area (Å²) in [6.45, 7) is 0.775. The van der Waals surface area contributed by atoms with Crippen molar-refractivity contribution in [2.75, 3.05) is 18.5 Å². The van der Waals surface area contributed by atoms with Gasteiger partial charge in [0.05, 0.1) is 24.9 Å². The lowest BCUT2D eigenvalue weighted by atomic mass is 10.1. The van der Waals surface area contributed by atoms with Crippen LogP contribution in [-0.4, -0.2) is 38.9 Å². The Bertz CT molecular complexity index is 347. The van der Waals surface area contributed by atoms with E-state index in [9.17, 15) is 4.39 Å². The molecule has 0 bridgehead atoms. The van der Waals surface area contributed by atoms with Crippen molar-refractivity contribution < 1.29 is 14.6 Å². The second kappa shape index (κ2) is 4.69. The van der Waals surface area contributed by atoms with Gasteiger partial charge in [0.2, 0.25) is 5.28 Å². The number of aromatic nitrogens is 2. The number of hydrogen-bond donors (Lipinski definition) is 3. The highest BCUT2D eigenvalue weighted by Gasteiger charge is 2.24. The largest absolute Gasteiger partial charge is 0.394 e. The van der Waals surface area contributed by atoms with Crippen LogP contribution in [0, 0.1) is 5.82 Å². The third kappa shape index (κ3) is 2.98. The predicted molar refractivity (Wildman–Crippen MR) is 53.2 cm³/mol. The van der Waals surface area contributed by atoms with Gasteiger partial charge < -0.3 is 15.5 Å². The van der Waals surface area contributed by atoms with Crippen LogP contribution in [0.5, 0.6) is 0 Å². The molecule has 5 nitrogen and oxygen atoms in total. The van der Waals surface area contributed by atoms with E-state index in [1.807, 2.05) is 0 Å². The van der Waals surface area contributed by atoms with E-state index in [1.54, 1.807) is 0 Å². The van der Waals surface area contributed by atoms with Gasteiger partial charge in [-0.2, -0.15) is 4.98 Å². The van der Waals surface area contributed by atoms with Gasteiger partial charge in [-0.3, -0.25) is 0 Å². The first kappa shape index (κ1) is 12.1. The Balaban J connectivity index is 2.92. The van der Waals surface area contributed by atoms with Crippen LogP contribution in [-0.2, 0) is 0 Å². The molecule has 15 heavy (non-hydrogen) atoms. The van der Waals surface area contributed by atoms with Crippen LogP contribution in [0.1, 0.15) is 6.92 Å². The molecule has 84 valence electrons. The predicted octanol–water partition coefficient (Wildman–Crippen LogP) is 0.424. The summed E-state index contributed by atoms with van der Waals surface area (Å²) in [4.78, 5) is 7.03. The van der Waals surface area contributed by atoms with Gasteiger partial charge in [-0.05, 0) is 18.5 Å². The first-order chi connectivity index (χ1) is 7.00. The number of halogens is 2. The normalized spacial score (nSPS) is 11.5. The molecule has 0 aliphatic carbocycles. The number of hydrogen-bond acceptors (Lipinski definition) is 5. The van der Waals surface area contributed by atoms with E-state index in [0.717, 1.165) is 6.20 Å². The fourth-order valence-corrected chi connectivity index (χ4v) is 0.981. The van der Waals surface area contributed by atoms with Crippen molar-refractivity contribution >= 4 is 17.4 Å². The Labute approximate surface area is 90.9 Å². The third-order valence-electron chi connectivity index (χ3n) is 1.83. The Kier molecular flexibility index (Phi) is 3.78. The van der Waals surface area contributed by atoms with Crippen molar-refractivity contribution in [1.29, 1.82) is 0 Å². The molecule has 1 aromatic rings. The quantitative estimate of drug-likeness (QED) is 0.660. The van der Waals surface area contributed by atoms with Crippen LogP contribution in [0.4, 0.5) is 10.2 Å². The number of nitrogens with one attached hydrogen (secondary N) is 1. The first-order valence-corrected chi connectivity index (χ1v) is 4.56. The summed E-state index contributed by atoms with van der Waals surface area (Å²) < 4.78 is 13.2. The first-order valence-electron chi connectivity index (χ1n) is 4.19. The van der Waals surface area contributed by atoms with E-state index in [4.69, 9.17) is 21.8 Å². The van der Waals surface area contributed by atoms with Crippen molar-refractivity contribution in [3.05, 3.63) is 17.3 Å². The number of aliphatic hydroxyl groups excluding tert-OH is 2. The lowest BCUT2D eigenvalue weighted by molar-refractivity contribution is 0.147. The molecule has 0 saturated heterocycles. The van der Waals surface area contributed by atoms with Gasteiger partial charge >= 0.3 is 0 Å². The van der Waals surface area contributed by atoms with Gasteiger partial charge in [-0.1, -0.05) is 0 Å². The molecule has 0 fully saturated rings. The average Bonchev–Trinajstić information content (AvgIpc) is 2.23. The zero-order valence-electron chi connectivity index (χ0n) is 8.04. The van der Waals surface area contributed by atoms with Crippen molar-refractivity contribution in [2.45, 2.75) is 12.5 Å². The van der Waals surface area contributed by atoms with Crippen molar-refractivity contribution in [1.82, 2.24) is 9.97 Å². The van der Waals surface area contributed by atoms with E-state index >= 15 is 0 Å². The second-order valence-electron chi connectivity index (χ2n) is 3.34. The van der Waals surface area contributed by atoms with Gasteiger partial charge in [0.1, 0.15) is 0 Å². The minimum Gasteiger partial charge on any atom is -0.394 e. The summed E-state index contributed by atoms with van der Waals surface area (Å²) in [5.41, 5.74) is -1.06. The number of rotatable bonds is 4. The molecule has 0 spiro atoms.